The van der Waals surface area contributed by atoms with Gasteiger partial charge < -0.3 is 19.4 Å². The van der Waals surface area contributed by atoms with Crippen LogP contribution in [0.1, 0.15) is 31.6 Å². The maximum Gasteiger partial charge on any atom is 0.339 e. The topological polar surface area (TPSA) is 79.9 Å². The molecule has 1 rings (SSSR count). The summed E-state index contributed by atoms with van der Waals surface area (Å²) in [6.45, 7) is 1.89. The summed E-state index contributed by atoms with van der Waals surface area (Å²) in [7, 11) is 1.41. The highest BCUT2D eigenvalue weighted by Crippen LogP contribution is 2.21. The molecule has 16 heavy (non-hydrogen) atoms. The molecule has 0 saturated carbocycles. The second-order valence-electron chi connectivity index (χ2n) is 3.52. The zero-order valence-corrected chi connectivity index (χ0v) is 9.34. The molecule has 90 valence electrons. The van der Waals surface area contributed by atoms with Gasteiger partial charge in [-0.05, 0) is 6.42 Å². The van der Waals surface area contributed by atoms with E-state index in [0.717, 1.165) is 6.42 Å². The number of aliphatic hydroxyl groups excluding tert-OH is 2. The van der Waals surface area contributed by atoms with Crippen LogP contribution in [0.3, 0.4) is 0 Å². The standard InChI is InChI=1S/C11H16O5/c1-3-4-8(12)11(14)9-5-7(15-2)6-10(13)16-9/h5-6,8,11-12,14H,3-4H2,1-2H3/t8-,11+/m0/s1. The van der Waals surface area contributed by atoms with E-state index < -0.39 is 17.8 Å². The molecule has 1 aromatic rings. The molecule has 0 aliphatic heterocycles. The highest BCUT2D eigenvalue weighted by Gasteiger charge is 2.21. The lowest BCUT2D eigenvalue weighted by atomic mass is 10.1. The molecule has 5 nitrogen and oxygen atoms in total. The van der Waals surface area contributed by atoms with E-state index in [-0.39, 0.29) is 5.76 Å². The van der Waals surface area contributed by atoms with Crippen LogP contribution in [0.5, 0.6) is 5.75 Å². The van der Waals surface area contributed by atoms with Crippen LogP contribution >= 0.6 is 0 Å². The largest absolute Gasteiger partial charge is 0.496 e. The molecule has 0 aliphatic carbocycles. The first-order chi connectivity index (χ1) is 7.58. The molecule has 0 bridgehead atoms. The molecular weight excluding hydrogens is 212 g/mol. The fraction of sp³-hybridized carbons (Fsp3) is 0.545. The smallest absolute Gasteiger partial charge is 0.339 e. The van der Waals surface area contributed by atoms with Gasteiger partial charge in [0.1, 0.15) is 17.6 Å². The summed E-state index contributed by atoms with van der Waals surface area (Å²) >= 11 is 0. The number of aliphatic hydroxyl groups is 2. The zero-order valence-electron chi connectivity index (χ0n) is 9.34. The van der Waals surface area contributed by atoms with E-state index in [1.165, 1.54) is 19.2 Å². The third-order valence-electron chi connectivity index (χ3n) is 2.24. The Morgan fingerprint density at radius 3 is 2.69 bits per heavy atom. The van der Waals surface area contributed by atoms with Crippen LogP contribution in [-0.4, -0.2) is 23.4 Å². The third-order valence-corrected chi connectivity index (χ3v) is 2.24. The predicted octanol–water partition coefficient (Wildman–Crippen LogP) is 0.843. The van der Waals surface area contributed by atoms with Crippen molar-refractivity contribution in [3.05, 3.63) is 28.3 Å². The molecular formula is C11H16O5. The molecule has 0 aliphatic rings. The normalized spacial score (nSPS) is 14.5. The van der Waals surface area contributed by atoms with Crippen LogP contribution in [0.25, 0.3) is 0 Å². The molecule has 0 aromatic carbocycles. The molecule has 0 radical (unpaired) electrons. The summed E-state index contributed by atoms with van der Waals surface area (Å²) in [5.74, 6) is 0.319. The van der Waals surface area contributed by atoms with E-state index in [2.05, 4.69) is 0 Å². The average Bonchev–Trinajstić information content (AvgIpc) is 2.27. The van der Waals surface area contributed by atoms with E-state index in [4.69, 9.17) is 9.15 Å². The Morgan fingerprint density at radius 2 is 2.12 bits per heavy atom. The van der Waals surface area contributed by atoms with Gasteiger partial charge in [-0.15, -0.1) is 0 Å². The Labute approximate surface area is 93.3 Å². The number of hydrogen-bond acceptors (Lipinski definition) is 5. The lowest BCUT2D eigenvalue weighted by molar-refractivity contribution is -0.00124. The quantitative estimate of drug-likeness (QED) is 0.780. The van der Waals surface area contributed by atoms with Crippen molar-refractivity contribution in [3.63, 3.8) is 0 Å². The Morgan fingerprint density at radius 1 is 1.44 bits per heavy atom. The SMILES string of the molecule is CCC[C@H](O)[C@@H](O)c1cc(OC)cc(=O)o1. The second kappa shape index (κ2) is 5.67. The number of methoxy groups -OCH3 is 1. The predicted molar refractivity (Wildman–Crippen MR) is 57.4 cm³/mol. The van der Waals surface area contributed by atoms with Crippen molar-refractivity contribution in [2.75, 3.05) is 7.11 Å². The molecule has 0 saturated heterocycles. The number of hydrogen-bond donors (Lipinski definition) is 2. The van der Waals surface area contributed by atoms with Crippen molar-refractivity contribution in [2.45, 2.75) is 32.0 Å². The number of rotatable bonds is 5. The van der Waals surface area contributed by atoms with Crippen molar-refractivity contribution in [3.8, 4) is 5.75 Å². The molecule has 1 aromatic heterocycles. The van der Waals surface area contributed by atoms with Crippen LogP contribution in [0, 0.1) is 0 Å². The van der Waals surface area contributed by atoms with E-state index in [1.807, 2.05) is 6.92 Å². The van der Waals surface area contributed by atoms with Crippen LogP contribution < -0.4 is 10.4 Å². The fourth-order valence-electron chi connectivity index (χ4n) is 1.38. The van der Waals surface area contributed by atoms with E-state index in [0.29, 0.717) is 12.2 Å². The number of ether oxygens (including phenoxy) is 1. The Hall–Kier alpha value is -1.33. The van der Waals surface area contributed by atoms with Crippen LogP contribution in [-0.2, 0) is 0 Å². The lowest BCUT2D eigenvalue weighted by Crippen LogP contribution is -2.19. The summed E-state index contributed by atoms with van der Waals surface area (Å²) < 4.78 is 9.68. The van der Waals surface area contributed by atoms with Gasteiger partial charge in [0.25, 0.3) is 0 Å². The van der Waals surface area contributed by atoms with Gasteiger partial charge in [0, 0.05) is 6.07 Å². The summed E-state index contributed by atoms with van der Waals surface area (Å²) in [4.78, 5) is 11.1. The summed E-state index contributed by atoms with van der Waals surface area (Å²) in [5, 5.41) is 19.3. The minimum Gasteiger partial charge on any atom is -0.496 e. The first-order valence-corrected chi connectivity index (χ1v) is 5.13. The molecule has 1 heterocycles. The van der Waals surface area contributed by atoms with E-state index in [1.54, 1.807) is 0 Å². The van der Waals surface area contributed by atoms with Crippen molar-refractivity contribution in [1.29, 1.82) is 0 Å². The Kier molecular flexibility index (Phi) is 4.52. The van der Waals surface area contributed by atoms with Crippen LogP contribution in [0.2, 0.25) is 0 Å². The molecule has 2 N–H and O–H groups in total. The fourth-order valence-corrected chi connectivity index (χ4v) is 1.38. The van der Waals surface area contributed by atoms with E-state index >= 15 is 0 Å². The summed E-state index contributed by atoms with van der Waals surface area (Å²) in [6, 6.07) is 2.56. The van der Waals surface area contributed by atoms with Gasteiger partial charge in [-0.25, -0.2) is 4.79 Å². The van der Waals surface area contributed by atoms with Gasteiger partial charge in [-0.3, -0.25) is 0 Å². The van der Waals surface area contributed by atoms with Crippen molar-refractivity contribution < 1.29 is 19.4 Å². The van der Waals surface area contributed by atoms with Gasteiger partial charge in [0.05, 0.1) is 19.3 Å². The highest BCUT2D eigenvalue weighted by atomic mass is 16.5. The minimum atomic E-state index is -1.21. The van der Waals surface area contributed by atoms with Crippen LogP contribution in [0.15, 0.2) is 21.3 Å². The van der Waals surface area contributed by atoms with Gasteiger partial charge in [-0.1, -0.05) is 13.3 Å². The molecule has 0 fully saturated rings. The minimum absolute atomic E-state index is 0.0188. The lowest BCUT2D eigenvalue weighted by Gasteiger charge is -2.16. The van der Waals surface area contributed by atoms with Crippen molar-refractivity contribution in [2.24, 2.45) is 0 Å². The first kappa shape index (κ1) is 12.7. The second-order valence-corrected chi connectivity index (χ2v) is 3.52. The zero-order chi connectivity index (χ0) is 12.1. The van der Waals surface area contributed by atoms with E-state index in [9.17, 15) is 15.0 Å². The van der Waals surface area contributed by atoms with Gasteiger partial charge in [0.2, 0.25) is 0 Å². The first-order valence-electron chi connectivity index (χ1n) is 5.13. The summed E-state index contributed by atoms with van der Waals surface area (Å²) in [5.41, 5.74) is -0.614. The van der Waals surface area contributed by atoms with Gasteiger partial charge >= 0.3 is 5.63 Å². The third kappa shape index (κ3) is 3.08. The molecule has 0 amide bonds. The molecule has 0 spiro atoms. The average molecular weight is 228 g/mol. The maximum absolute atomic E-state index is 11.1. The Balaban J connectivity index is 2.94. The molecule has 0 unspecified atom stereocenters. The molecule has 5 heteroatoms. The van der Waals surface area contributed by atoms with Crippen molar-refractivity contribution in [1.82, 2.24) is 0 Å². The highest BCUT2D eigenvalue weighted by molar-refractivity contribution is 5.21. The van der Waals surface area contributed by atoms with Gasteiger partial charge in [0.15, 0.2) is 0 Å². The Bertz CT molecular complexity index is 384. The maximum atomic E-state index is 11.1. The summed E-state index contributed by atoms with van der Waals surface area (Å²) in [6.07, 6.45) is -0.989. The molecule has 2 atom stereocenters. The van der Waals surface area contributed by atoms with Gasteiger partial charge in [-0.2, -0.15) is 0 Å². The monoisotopic (exact) mass is 228 g/mol. The van der Waals surface area contributed by atoms with Crippen LogP contribution in [0.4, 0.5) is 0 Å². The van der Waals surface area contributed by atoms with Crippen molar-refractivity contribution >= 4 is 0 Å².